The number of benzene rings is 2. The molecular weight excluding hydrogens is 454 g/mol. The zero-order chi connectivity index (χ0) is 21.3. The Kier molecular flexibility index (Phi) is 5.32. The van der Waals surface area contributed by atoms with Crippen molar-refractivity contribution >= 4 is 33.6 Å². The molecule has 0 spiro atoms. The van der Waals surface area contributed by atoms with E-state index >= 15 is 0 Å². The number of aromatic nitrogens is 4. The molecule has 4 rings (SSSR count). The molecule has 30 heavy (non-hydrogen) atoms. The second kappa shape index (κ2) is 8.07. The standard InChI is InChI=1S/C20H16BrN5O4/c1-29-14-5-3-4-12(10-14)17-15(18(27)11-6-8-13(21)9-7-11)16(19(28)30-2)22-20-23-24-25-26(17)20/h3-10,17H,1-2H3,(H,22,23,25)/t17-/m0/s1. The van der Waals surface area contributed by atoms with E-state index in [2.05, 4.69) is 36.8 Å². The lowest BCUT2D eigenvalue weighted by atomic mass is 9.89. The van der Waals surface area contributed by atoms with Gasteiger partial charge in [-0.1, -0.05) is 33.2 Å². The van der Waals surface area contributed by atoms with Crippen molar-refractivity contribution in [3.05, 3.63) is 75.4 Å². The number of nitrogens with zero attached hydrogens (tertiary/aromatic N) is 4. The van der Waals surface area contributed by atoms with Gasteiger partial charge < -0.3 is 14.8 Å². The normalized spacial score (nSPS) is 15.2. The molecule has 1 aliphatic rings. The summed E-state index contributed by atoms with van der Waals surface area (Å²) in [6.07, 6.45) is 0. The Morgan fingerprint density at radius 2 is 1.90 bits per heavy atom. The fraction of sp³-hybridized carbons (Fsp3) is 0.150. The summed E-state index contributed by atoms with van der Waals surface area (Å²) in [7, 11) is 2.80. The SMILES string of the molecule is COC(=O)C1=C(C(=O)c2ccc(Br)cc2)[C@H](c2cccc(OC)c2)n2nnnc2N1. The number of ether oxygens (including phenoxy) is 2. The second-order valence-corrected chi connectivity index (χ2v) is 7.28. The van der Waals surface area contributed by atoms with Crippen LogP contribution in [0.3, 0.4) is 0 Å². The number of ketones is 1. The van der Waals surface area contributed by atoms with Gasteiger partial charge in [-0.2, -0.15) is 4.68 Å². The van der Waals surface area contributed by atoms with Gasteiger partial charge in [-0.05, 0) is 52.4 Å². The molecule has 1 aliphatic heterocycles. The van der Waals surface area contributed by atoms with Crippen molar-refractivity contribution in [3.8, 4) is 5.75 Å². The van der Waals surface area contributed by atoms with E-state index in [4.69, 9.17) is 9.47 Å². The first-order chi connectivity index (χ1) is 14.5. The number of hydrogen-bond donors (Lipinski definition) is 1. The van der Waals surface area contributed by atoms with E-state index in [9.17, 15) is 9.59 Å². The predicted molar refractivity (Wildman–Crippen MR) is 110 cm³/mol. The number of methoxy groups -OCH3 is 2. The van der Waals surface area contributed by atoms with E-state index in [-0.39, 0.29) is 23.0 Å². The van der Waals surface area contributed by atoms with E-state index in [1.807, 2.05) is 6.07 Å². The molecule has 1 atom stereocenters. The molecule has 0 saturated heterocycles. The van der Waals surface area contributed by atoms with Crippen LogP contribution in [0.2, 0.25) is 0 Å². The number of allylic oxidation sites excluding steroid dienone is 1. The van der Waals surface area contributed by atoms with Crippen LogP contribution in [0, 0.1) is 0 Å². The quantitative estimate of drug-likeness (QED) is 0.448. The molecule has 0 saturated carbocycles. The number of nitrogens with one attached hydrogen (secondary N) is 1. The highest BCUT2D eigenvalue weighted by Gasteiger charge is 2.38. The molecule has 9 nitrogen and oxygen atoms in total. The molecule has 10 heteroatoms. The van der Waals surface area contributed by atoms with Gasteiger partial charge in [0.25, 0.3) is 0 Å². The maximum atomic E-state index is 13.6. The number of anilines is 1. The average molecular weight is 470 g/mol. The summed E-state index contributed by atoms with van der Waals surface area (Å²) in [5.74, 6) is -0.242. The minimum atomic E-state index is -0.767. The zero-order valence-electron chi connectivity index (χ0n) is 16.0. The van der Waals surface area contributed by atoms with Crippen molar-refractivity contribution in [1.82, 2.24) is 20.2 Å². The number of Topliss-reactive ketones (excluding diaryl/α,β-unsaturated/α-hetero) is 1. The summed E-state index contributed by atoms with van der Waals surface area (Å²) in [5, 5.41) is 14.5. The largest absolute Gasteiger partial charge is 0.497 e. The van der Waals surface area contributed by atoms with Gasteiger partial charge >= 0.3 is 5.97 Å². The third-order valence-electron chi connectivity index (χ3n) is 4.67. The number of rotatable bonds is 5. The Hall–Kier alpha value is -3.53. The van der Waals surface area contributed by atoms with Gasteiger partial charge in [0.05, 0.1) is 19.8 Å². The molecule has 0 fully saturated rings. The molecule has 0 aliphatic carbocycles. The number of carbonyl (C=O) groups excluding carboxylic acids is 2. The first-order valence-electron chi connectivity index (χ1n) is 8.85. The average Bonchev–Trinajstić information content (AvgIpc) is 3.25. The third-order valence-corrected chi connectivity index (χ3v) is 5.20. The molecule has 0 radical (unpaired) electrons. The highest BCUT2D eigenvalue weighted by atomic mass is 79.9. The molecule has 1 N–H and O–H groups in total. The van der Waals surface area contributed by atoms with Crippen LogP contribution < -0.4 is 10.1 Å². The summed E-state index contributed by atoms with van der Waals surface area (Å²) < 4.78 is 12.5. The minimum Gasteiger partial charge on any atom is -0.497 e. The molecule has 0 unspecified atom stereocenters. The molecule has 0 bridgehead atoms. The first-order valence-corrected chi connectivity index (χ1v) is 9.64. The summed E-state index contributed by atoms with van der Waals surface area (Å²) in [6, 6.07) is 13.2. The Morgan fingerprint density at radius 1 is 1.13 bits per heavy atom. The lowest BCUT2D eigenvalue weighted by molar-refractivity contribution is -0.136. The number of tetrazole rings is 1. The van der Waals surface area contributed by atoms with E-state index in [1.54, 1.807) is 49.6 Å². The third kappa shape index (κ3) is 3.45. The Bertz CT molecular complexity index is 1160. The van der Waals surface area contributed by atoms with Crippen LogP contribution in [-0.4, -0.2) is 46.2 Å². The second-order valence-electron chi connectivity index (χ2n) is 6.37. The van der Waals surface area contributed by atoms with Crippen molar-refractivity contribution in [1.29, 1.82) is 0 Å². The number of halogens is 1. The van der Waals surface area contributed by atoms with Gasteiger partial charge in [0.15, 0.2) is 5.78 Å². The molecule has 2 aromatic carbocycles. The fourth-order valence-electron chi connectivity index (χ4n) is 3.26. The van der Waals surface area contributed by atoms with Gasteiger partial charge in [0.2, 0.25) is 5.95 Å². The van der Waals surface area contributed by atoms with Crippen LogP contribution in [0.15, 0.2) is 64.3 Å². The summed E-state index contributed by atoms with van der Waals surface area (Å²) >= 11 is 3.36. The number of fused-ring (bicyclic) bond motifs is 1. The van der Waals surface area contributed by atoms with E-state index < -0.39 is 12.0 Å². The van der Waals surface area contributed by atoms with Gasteiger partial charge in [-0.3, -0.25) is 4.79 Å². The molecule has 1 aromatic heterocycles. The number of carbonyl (C=O) groups is 2. The first kappa shape index (κ1) is 19.8. The van der Waals surface area contributed by atoms with Crippen LogP contribution in [0.1, 0.15) is 22.0 Å². The topological polar surface area (TPSA) is 108 Å². The summed E-state index contributed by atoms with van der Waals surface area (Å²) in [5.41, 5.74) is 1.23. The highest BCUT2D eigenvalue weighted by Crippen LogP contribution is 2.37. The van der Waals surface area contributed by atoms with Crippen molar-refractivity contribution in [2.45, 2.75) is 6.04 Å². The van der Waals surface area contributed by atoms with Gasteiger partial charge in [0, 0.05) is 10.0 Å². The Labute approximate surface area is 179 Å². The van der Waals surface area contributed by atoms with Gasteiger partial charge in [-0.25, -0.2) is 4.79 Å². The van der Waals surface area contributed by atoms with Crippen LogP contribution in [-0.2, 0) is 9.53 Å². The van der Waals surface area contributed by atoms with Crippen molar-refractivity contribution in [3.63, 3.8) is 0 Å². The van der Waals surface area contributed by atoms with Gasteiger partial charge in [-0.15, -0.1) is 0 Å². The van der Waals surface area contributed by atoms with Crippen LogP contribution >= 0.6 is 15.9 Å². The van der Waals surface area contributed by atoms with Crippen molar-refractivity contribution in [2.24, 2.45) is 0 Å². The van der Waals surface area contributed by atoms with Crippen molar-refractivity contribution < 1.29 is 19.1 Å². The highest BCUT2D eigenvalue weighted by molar-refractivity contribution is 9.10. The summed E-state index contributed by atoms with van der Waals surface area (Å²) in [4.78, 5) is 26.2. The maximum Gasteiger partial charge on any atom is 0.355 e. The predicted octanol–water partition coefficient (Wildman–Crippen LogP) is 2.77. The van der Waals surface area contributed by atoms with Crippen LogP contribution in [0.4, 0.5) is 5.95 Å². The monoisotopic (exact) mass is 469 g/mol. The van der Waals surface area contributed by atoms with E-state index in [0.29, 0.717) is 16.9 Å². The van der Waals surface area contributed by atoms with E-state index in [1.165, 1.54) is 11.8 Å². The number of esters is 1. The molecule has 0 amide bonds. The Balaban J connectivity index is 1.95. The van der Waals surface area contributed by atoms with Crippen molar-refractivity contribution in [2.75, 3.05) is 19.5 Å². The summed E-state index contributed by atoms with van der Waals surface area (Å²) in [6.45, 7) is 0. The number of hydrogen-bond acceptors (Lipinski definition) is 8. The molecule has 3 aromatic rings. The lowest BCUT2D eigenvalue weighted by Crippen LogP contribution is -2.33. The molecular formula is C20H16BrN5O4. The van der Waals surface area contributed by atoms with Gasteiger partial charge in [0.1, 0.15) is 17.5 Å². The smallest absolute Gasteiger partial charge is 0.355 e. The lowest BCUT2D eigenvalue weighted by Gasteiger charge is -2.28. The molecule has 2 heterocycles. The zero-order valence-corrected chi connectivity index (χ0v) is 17.6. The maximum absolute atomic E-state index is 13.6. The minimum absolute atomic E-state index is 0.0134. The van der Waals surface area contributed by atoms with E-state index in [0.717, 1.165) is 4.47 Å². The molecule has 152 valence electrons. The van der Waals surface area contributed by atoms with Crippen LogP contribution in [0.25, 0.3) is 0 Å². The Morgan fingerprint density at radius 3 is 2.60 bits per heavy atom. The van der Waals surface area contributed by atoms with Crippen LogP contribution in [0.5, 0.6) is 5.75 Å². The fourth-order valence-corrected chi connectivity index (χ4v) is 3.53.